The predicted octanol–water partition coefficient (Wildman–Crippen LogP) is 15.3. The van der Waals surface area contributed by atoms with E-state index in [1.165, 1.54) is 77.0 Å². The fraction of sp³-hybridized carbons (Fsp3) is 0.931. The molecule has 0 aromatic heterocycles. The van der Waals surface area contributed by atoms with Gasteiger partial charge in [-0.05, 0) is 37.5 Å². The number of rotatable bonds is 57. The molecule has 0 amide bonds. The van der Waals surface area contributed by atoms with Crippen LogP contribution >= 0.6 is 15.6 Å². The summed E-state index contributed by atoms with van der Waals surface area (Å²) in [6.07, 6.45) is 30.9. The zero-order valence-corrected chi connectivity index (χ0v) is 51.0. The van der Waals surface area contributed by atoms with Gasteiger partial charge in [0.1, 0.15) is 19.3 Å². The molecule has 0 saturated heterocycles. The molecule has 3 N–H and O–H groups in total. The maximum atomic E-state index is 12.9. The number of carbonyl (C=O) groups excluding carboxylic acids is 4. The summed E-state index contributed by atoms with van der Waals surface area (Å²) in [6.45, 7) is 9.30. The minimum Gasteiger partial charge on any atom is -0.462 e. The highest BCUT2D eigenvalue weighted by molar-refractivity contribution is 7.47. The highest BCUT2D eigenvalue weighted by atomic mass is 31.2. The number of hydrogen-bond donors (Lipinski definition) is 3. The molecule has 0 fully saturated rings. The Labute approximate surface area is 467 Å². The van der Waals surface area contributed by atoms with E-state index in [9.17, 15) is 43.2 Å². The first-order valence-corrected chi connectivity index (χ1v) is 33.5. The zero-order valence-electron chi connectivity index (χ0n) is 49.2. The van der Waals surface area contributed by atoms with Crippen molar-refractivity contribution in [2.75, 3.05) is 39.6 Å². The lowest BCUT2D eigenvalue weighted by atomic mass is 9.99. The number of unbranched alkanes of at least 4 members (excludes halogenated alkanes) is 26. The summed E-state index contributed by atoms with van der Waals surface area (Å²) in [6, 6.07) is 0. The molecule has 0 bridgehead atoms. The predicted molar refractivity (Wildman–Crippen MR) is 303 cm³/mol. The van der Waals surface area contributed by atoms with Crippen molar-refractivity contribution in [3.8, 4) is 0 Å². The second-order valence-electron chi connectivity index (χ2n) is 21.7. The van der Waals surface area contributed by atoms with Crippen LogP contribution in [0.25, 0.3) is 0 Å². The highest BCUT2D eigenvalue weighted by Gasteiger charge is 2.30. The molecule has 0 spiro atoms. The molecule has 0 saturated carbocycles. The molecule has 456 valence electrons. The minimum absolute atomic E-state index is 0.104. The molecule has 19 heteroatoms. The molecular formula is C58H112O17P2. The van der Waals surface area contributed by atoms with Crippen LogP contribution in [0.15, 0.2) is 0 Å². The molecule has 3 unspecified atom stereocenters. The van der Waals surface area contributed by atoms with Crippen molar-refractivity contribution in [2.24, 2.45) is 11.8 Å². The maximum absolute atomic E-state index is 12.9. The van der Waals surface area contributed by atoms with Gasteiger partial charge in [0.2, 0.25) is 0 Å². The van der Waals surface area contributed by atoms with Crippen LogP contribution < -0.4 is 0 Å². The lowest BCUT2D eigenvalue weighted by Crippen LogP contribution is -2.30. The smallest absolute Gasteiger partial charge is 0.462 e. The molecule has 0 aromatic rings. The Bertz CT molecular complexity index is 1530. The molecule has 0 rings (SSSR count). The third-order valence-corrected chi connectivity index (χ3v) is 15.5. The number of phosphoric ester groups is 2. The molecule has 0 aromatic carbocycles. The maximum Gasteiger partial charge on any atom is 0.472 e. The van der Waals surface area contributed by atoms with E-state index < -0.39 is 97.5 Å². The van der Waals surface area contributed by atoms with E-state index >= 15 is 0 Å². The van der Waals surface area contributed by atoms with Crippen molar-refractivity contribution >= 4 is 39.5 Å². The number of ether oxygens (including phenoxy) is 4. The normalized spacial score (nSPS) is 14.8. The van der Waals surface area contributed by atoms with Gasteiger partial charge in [-0.2, -0.15) is 0 Å². The second-order valence-corrected chi connectivity index (χ2v) is 24.7. The number of phosphoric acid groups is 2. The van der Waals surface area contributed by atoms with Gasteiger partial charge in [-0.25, -0.2) is 9.13 Å². The van der Waals surface area contributed by atoms with Gasteiger partial charge in [0.05, 0.1) is 26.4 Å². The third-order valence-electron chi connectivity index (χ3n) is 13.6. The molecule has 6 atom stereocenters. The Balaban J connectivity index is 5.22. The first-order chi connectivity index (χ1) is 36.9. The number of aliphatic hydroxyl groups excluding tert-OH is 1. The molecular weight excluding hydrogens is 1030 g/mol. The van der Waals surface area contributed by atoms with Gasteiger partial charge in [0.15, 0.2) is 12.2 Å². The summed E-state index contributed by atoms with van der Waals surface area (Å²) in [5.74, 6) is -0.702. The van der Waals surface area contributed by atoms with Crippen molar-refractivity contribution in [2.45, 2.75) is 297 Å². The Hall–Kier alpha value is -1.94. The largest absolute Gasteiger partial charge is 0.472 e. The molecule has 0 heterocycles. The van der Waals surface area contributed by atoms with Gasteiger partial charge >= 0.3 is 39.5 Å². The second kappa shape index (κ2) is 51.0. The monoisotopic (exact) mass is 1140 g/mol. The van der Waals surface area contributed by atoms with Crippen LogP contribution in [0.4, 0.5) is 0 Å². The van der Waals surface area contributed by atoms with E-state index in [1.54, 1.807) is 0 Å². The molecule has 17 nitrogen and oxygen atoms in total. The van der Waals surface area contributed by atoms with Crippen LogP contribution in [0.1, 0.15) is 279 Å². The van der Waals surface area contributed by atoms with Crippen molar-refractivity contribution < 1.29 is 80.2 Å². The van der Waals surface area contributed by atoms with Crippen molar-refractivity contribution in [3.05, 3.63) is 0 Å². The first kappa shape index (κ1) is 75.1. The van der Waals surface area contributed by atoms with Crippen molar-refractivity contribution in [1.82, 2.24) is 0 Å². The standard InChI is InChI=1S/C58H112O17P2/c1-7-10-12-14-16-17-22-30-36-42-57(62)74-53(46-68-55(60)40-34-28-20-15-13-11-8-2)48-72-76(64,65)70-44-52(59)45-71-77(66,67)73-49-54(47-69-56(61)41-35-29-25-24-26-32-38-50(4)5)75-58(63)43-37-31-23-19-18-21-27-33-39-51(6)9-3/h50-54,59H,7-49H2,1-6H3,(H,64,65)(H,66,67)/t51?,52-,53+,54+/m0/s1. The van der Waals surface area contributed by atoms with Crippen molar-refractivity contribution in [3.63, 3.8) is 0 Å². The summed E-state index contributed by atoms with van der Waals surface area (Å²) in [7, 11) is -9.87. The lowest BCUT2D eigenvalue weighted by molar-refractivity contribution is -0.161. The van der Waals surface area contributed by atoms with Gasteiger partial charge < -0.3 is 33.8 Å². The first-order valence-electron chi connectivity index (χ1n) is 30.5. The number of hydrogen-bond acceptors (Lipinski definition) is 15. The van der Waals surface area contributed by atoms with Gasteiger partial charge in [-0.3, -0.25) is 37.3 Å². The van der Waals surface area contributed by atoms with Crippen LogP contribution in [0.3, 0.4) is 0 Å². The van der Waals surface area contributed by atoms with Crippen LogP contribution in [-0.2, 0) is 65.4 Å². The molecule has 0 aliphatic rings. The van der Waals surface area contributed by atoms with E-state index in [-0.39, 0.29) is 25.7 Å². The lowest BCUT2D eigenvalue weighted by Gasteiger charge is -2.21. The summed E-state index contributed by atoms with van der Waals surface area (Å²) in [5, 5.41) is 10.5. The summed E-state index contributed by atoms with van der Waals surface area (Å²) in [4.78, 5) is 71.7. The number of esters is 4. The number of aliphatic hydroxyl groups is 1. The quantitative estimate of drug-likeness (QED) is 0.0222. The van der Waals surface area contributed by atoms with E-state index in [1.807, 2.05) is 0 Å². The molecule has 0 radical (unpaired) electrons. The van der Waals surface area contributed by atoms with Gasteiger partial charge in [0, 0.05) is 25.7 Å². The average Bonchev–Trinajstić information content (AvgIpc) is 3.39. The minimum atomic E-state index is -4.94. The Morgan fingerprint density at radius 1 is 0.377 bits per heavy atom. The molecule has 0 aliphatic carbocycles. The van der Waals surface area contributed by atoms with E-state index in [2.05, 4.69) is 41.5 Å². The van der Waals surface area contributed by atoms with Gasteiger partial charge in [-0.15, -0.1) is 0 Å². The summed E-state index contributed by atoms with van der Waals surface area (Å²) < 4.78 is 67.6. The van der Waals surface area contributed by atoms with Crippen molar-refractivity contribution in [1.29, 1.82) is 0 Å². The van der Waals surface area contributed by atoms with E-state index in [0.29, 0.717) is 31.6 Å². The third kappa shape index (κ3) is 51.9. The molecule has 0 aliphatic heterocycles. The van der Waals surface area contributed by atoms with Crippen LogP contribution in [0.5, 0.6) is 0 Å². The average molecular weight is 1140 g/mol. The van der Waals surface area contributed by atoms with Crippen LogP contribution in [0.2, 0.25) is 0 Å². The fourth-order valence-corrected chi connectivity index (χ4v) is 10.0. The topological polar surface area (TPSA) is 237 Å². The Morgan fingerprint density at radius 2 is 0.662 bits per heavy atom. The van der Waals surface area contributed by atoms with Gasteiger partial charge in [-0.1, -0.05) is 228 Å². The van der Waals surface area contributed by atoms with Crippen LogP contribution in [-0.4, -0.2) is 96.7 Å². The fourth-order valence-electron chi connectivity index (χ4n) is 8.44. The van der Waals surface area contributed by atoms with Gasteiger partial charge in [0.25, 0.3) is 0 Å². The van der Waals surface area contributed by atoms with E-state index in [4.69, 9.17) is 37.0 Å². The molecule has 77 heavy (non-hydrogen) atoms. The summed E-state index contributed by atoms with van der Waals surface area (Å²) >= 11 is 0. The van der Waals surface area contributed by atoms with E-state index in [0.717, 1.165) is 115 Å². The number of carbonyl (C=O) groups is 4. The Kier molecular flexibility index (Phi) is 49.7. The SMILES string of the molecule is CCCCCCCCCCCC(=O)O[C@H](COC(=O)CCCCCCCCC)COP(=O)(O)OC[C@H](O)COP(=O)(O)OC[C@@H](COC(=O)CCCCCCCCC(C)C)OC(=O)CCCCCCCCCCC(C)CC. The Morgan fingerprint density at radius 3 is 0.987 bits per heavy atom. The zero-order chi connectivity index (χ0) is 57.3. The summed E-state index contributed by atoms with van der Waals surface area (Å²) in [5.41, 5.74) is 0. The highest BCUT2D eigenvalue weighted by Crippen LogP contribution is 2.45. The van der Waals surface area contributed by atoms with Crippen LogP contribution in [0, 0.1) is 11.8 Å².